The van der Waals surface area contributed by atoms with E-state index in [4.69, 9.17) is 0 Å². The van der Waals surface area contributed by atoms with Crippen molar-refractivity contribution >= 4 is 35.0 Å². The van der Waals surface area contributed by atoms with Gasteiger partial charge in [0.05, 0.1) is 23.5 Å². The average molecular weight is 447 g/mol. The van der Waals surface area contributed by atoms with Crippen molar-refractivity contribution in [2.75, 3.05) is 16.0 Å². The van der Waals surface area contributed by atoms with Crippen LogP contribution in [0.5, 0.6) is 0 Å². The minimum absolute atomic E-state index is 0.00537. The first-order valence-electron chi connectivity index (χ1n) is 9.20. The molecule has 7 nitrogen and oxygen atoms in total. The monoisotopic (exact) mass is 447 g/mol. The summed E-state index contributed by atoms with van der Waals surface area (Å²) in [6.07, 6.45) is -4.20. The van der Waals surface area contributed by atoms with Crippen molar-refractivity contribution in [2.45, 2.75) is 23.8 Å². The predicted octanol–water partition coefficient (Wildman–Crippen LogP) is 3.67. The summed E-state index contributed by atoms with van der Waals surface area (Å²) in [7, 11) is 0. The normalized spacial score (nSPS) is 16.4. The molecule has 3 aromatic rings. The number of amides is 2. The molecule has 0 bridgehead atoms. The van der Waals surface area contributed by atoms with Gasteiger partial charge in [0.15, 0.2) is 5.16 Å². The summed E-state index contributed by atoms with van der Waals surface area (Å²) in [5, 5.41) is 10.6. The molecule has 0 saturated carbocycles. The quantitative estimate of drug-likeness (QED) is 0.618. The van der Waals surface area contributed by atoms with Crippen molar-refractivity contribution in [3.8, 4) is 5.69 Å². The summed E-state index contributed by atoms with van der Waals surface area (Å²) in [4.78, 5) is 25.7. The predicted molar refractivity (Wildman–Crippen MR) is 109 cm³/mol. The summed E-state index contributed by atoms with van der Waals surface area (Å²) in [5.74, 6) is -1.92. The second-order valence-electron chi connectivity index (χ2n) is 6.70. The van der Waals surface area contributed by atoms with Gasteiger partial charge in [-0.3, -0.25) is 19.1 Å². The molecule has 160 valence electrons. The SMILES string of the molecule is O=C1C[C@H](C(F)(F)F)N(C(=O)CSc2nncn2-c2ccccc2)c2ccccc2N1. The zero-order valence-corrected chi connectivity index (χ0v) is 16.7. The minimum atomic E-state index is -4.78. The second kappa shape index (κ2) is 8.42. The van der Waals surface area contributed by atoms with E-state index in [1.165, 1.54) is 24.5 Å². The van der Waals surface area contributed by atoms with Crippen LogP contribution in [0.4, 0.5) is 24.5 Å². The van der Waals surface area contributed by atoms with Gasteiger partial charge in [-0.05, 0) is 24.3 Å². The molecule has 0 spiro atoms. The number of alkyl halides is 3. The van der Waals surface area contributed by atoms with Crippen LogP contribution in [0.15, 0.2) is 66.1 Å². The van der Waals surface area contributed by atoms with E-state index >= 15 is 0 Å². The fourth-order valence-corrected chi connectivity index (χ4v) is 4.07. The zero-order valence-electron chi connectivity index (χ0n) is 15.9. The van der Waals surface area contributed by atoms with E-state index in [9.17, 15) is 22.8 Å². The highest BCUT2D eigenvalue weighted by Crippen LogP contribution is 2.38. The molecule has 0 unspecified atom stereocenters. The van der Waals surface area contributed by atoms with Crippen LogP contribution >= 0.6 is 11.8 Å². The summed E-state index contributed by atoms with van der Waals surface area (Å²) < 4.78 is 43.0. The standard InChI is InChI=1S/C20H16F3N5O2S/c21-20(22,23)16-10-17(29)25-14-8-4-5-9-15(14)28(16)18(30)11-31-19-26-24-12-27(19)13-6-2-1-3-7-13/h1-9,12,16H,10-11H2,(H,25,29)/t16-/m1/s1. The van der Waals surface area contributed by atoms with Crippen molar-refractivity contribution in [1.29, 1.82) is 0 Å². The Bertz CT molecular complexity index is 1100. The second-order valence-corrected chi connectivity index (χ2v) is 7.64. The molecule has 4 rings (SSSR count). The highest BCUT2D eigenvalue weighted by molar-refractivity contribution is 7.99. The van der Waals surface area contributed by atoms with E-state index in [0.29, 0.717) is 10.1 Å². The van der Waals surface area contributed by atoms with Crippen molar-refractivity contribution < 1.29 is 22.8 Å². The van der Waals surface area contributed by atoms with Gasteiger partial charge in [-0.15, -0.1) is 10.2 Å². The molecule has 1 atom stereocenters. The molecule has 2 heterocycles. The van der Waals surface area contributed by atoms with Gasteiger partial charge in [-0.25, -0.2) is 0 Å². The Morgan fingerprint density at radius 3 is 2.58 bits per heavy atom. The fraction of sp³-hybridized carbons (Fsp3) is 0.200. The number of carbonyl (C=O) groups excluding carboxylic acids is 2. The molecular formula is C20H16F3N5O2S. The third kappa shape index (κ3) is 4.41. The van der Waals surface area contributed by atoms with E-state index in [1.54, 1.807) is 10.6 Å². The first-order chi connectivity index (χ1) is 14.8. The lowest BCUT2D eigenvalue weighted by molar-refractivity contribution is -0.157. The van der Waals surface area contributed by atoms with Crippen LogP contribution in [0.25, 0.3) is 5.69 Å². The molecule has 1 N–H and O–H groups in total. The lowest BCUT2D eigenvalue weighted by Crippen LogP contribution is -2.50. The molecule has 0 saturated heterocycles. The van der Waals surface area contributed by atoms with Crippen molar-refractivity contribution in [3.63, 3.8) is 0 Å². The van der Waals surface area contributed by atoms with E-state index in [1.807, 2.05) is 30.3 Å². The Balaban J connectivity index is 1.62. The first-order valence-corrected chi connectivity index (χ1v) is 10.2. The van der Waals surface area contributed by atoms with E-state index in [0.717, 1.165) is 17.4 Å². The Morgan fingerprint density at radius 1 is 1.13 bits per heavy atom. The Morgan fingerprint density at radius 2 is 1.84 bits per heavy atom. The van der Waals surface area contributed by atoms with Crippen LogP contribution in [-0.2, 0) is 9.59 Å². The van der Waals surface area contributed by atoms with Gasteiger partial charge in [0.1, 0.15) is 12.4 Å². The van der Waals surface area contributed by atoms with Crippen molar-refractivity contribution in [2.24, 2.45) is 0 Å². The number of para-hydroxylation sites is 3. The fourth-order valence-electron chi connectivity index (χ4n) is 3.28. The van der Waals surface area contributed by atoms with Crippen LogP contribution in [0.1, 0.15) is 6.42 Å². The van der Waals surface area contributed by atoms with Crippen LogP contribution in [-0.4, -0.2) is 44.5 Å². The van der Waals surface area contributed by atoms with Gasteiger partial charge >= 0.3 is 6.18 Å². The van der Waals surface area contributed by atoms with E-state index < -0.39 is 30.5 Å². The topological polar surface area (TPSA) is 80.1 Å². The molecule has 1 aromatic heterocycles. The Hall–Kier alpha value is -3.34. The third-order valence-corrected chi connectivity index (χ3v) is 5.58. The van der Waals surface area contributed by atoms with Gasteiger partial charge in [0.2, 0.25) is 11.8 Å². The number of anilines is 2. The van der Waals surface area contributed by atoms with Gasteiger partial charge in [-0.2, -0.15) is 13.2 Å². The summed E-state index contributed by atoms with van der Waals surface area (Å²) >= 11 is 0.971. The number of carbonyl (C=O) groups is 2. The number of nitrogens with zero attached hydrogens (tertiary/aromatic N) is 4. The van der Waals surface area contributed by atoms with Crippen molar-refractivity contribution in [1.82, 2.24) is 14.8 Å². The molecular weight excluding hydrogens is 431 g/mol. The van der Waals surface area contributed by atoms with Gasteiger partial charge < -0.3 is 5.32 Å². The van der Waals surface area contributed by atoms with Gasteiger partial charge in [-0.1, -0.05) is 42.1 Å². The van der Waals surface area contributed by atoms with Crippen LogP contribution in [0, 0.1) is 0 Å². The molecule has 31 heavy (non-hydrogen) atoms. The van der Waals surface area contributed by atoms with Gasteiger partial charge in [0.25, 0.3) is 0 Å². The Kier molecular flexibility index (Phi) is 5.68. The maximum absolute atomic E-state index is 13.8. The number of aromatic nitrogens is 3. The number of halogens is 3. The third-order valence-electron chi connectivity index (χ3n) is 4.65. The van der Waals surface area contributed by atoms with Crippen molar-refractivity contribution in [3.05, 3.63) is 60.9 Å². The van der Waals surface area contributed by atoms with E-state index in [-0.39, 0.29) is 17.1 Å². The number of rotatable bonds is 4. The largest absolute Gasteiger partial charge is 0.409 e. The average Bonchev–Trinajstić information content (AvgIpc) is 3.15. The molecule has 0 aliphatic carbocycles. The lowest BCUT2D eigenvalue weighted by Gasteiger charge is -2.31. The van der Waals surface area contributed by atoms with Crippen LogP contribution in [0.3, 0.4) is 0 Å². The molecule has 2 amide bonds. The molecule has 11 heteroatoms. The summed E-state index contributed by atoms with van der Waals surface area (Å²) in [5.41, 5.74) is 0.918. The number of hydrogen-bond acceptors (Lipinski definition) is 5. The maximum atomic E-state index is 13.8. The van der Waals surface area contributed by atoms with E-state index in [2.05, 4.69) is 15.5 Å². The Labute approximate surface area is 179 Å². The molecule has 0 fully saturated rings. The highest BCUT2D eigenvalue weighted by atomic mass is 32.2. The zero-order chi connectivity index (χ0) is 22.0. The summed E-state index contributed by atoms with van der Waals surface area (Å²) in [6, 6.07) is 12.8. The molecule has 1 aliphatic heterocycles. The summed E-state index contributed by atoms with van der Waals surface area (Å²) in [6.45, 7) is 0. The van der Waals surface area contributed by atoms with Crippen LogP contribution < -0.4 is 10.2 Å². The lowest BCUT2D eigenvalue weighted by atomic mass is 10.1. The van der Waals surface area contributed by atoms with Crippen LogP contribution in [0.2, 0.25) is 0 Å². The smallest absolute Gasteiger partial charge is 0.324 e. The maximum Gasteiger partial charge on any atom is 0.409 e. The minimum Gasteiger partial charge on any atom is -0.324 e. The first kappa shape index (κ1) is 20.9. The number of fused-ring (bicyclic) bond motifs is 1. The van der Waals surface area contributed by atoms with Gasteiger partial charge in [0, 0.05) is 5.69 Å². The molecule has 2 aromatic carbocycles. The number of hydrogen-bond donors (Lipinski definition) is 1. The molecule has 1 aliphatic rings. The number of benzene rings is 2. The highest BCUT2D eigenvalue weighted by Gasteiger charge is 2.48. The number of nitrogens with one attached hydrogen (secondary N) is 1. The molecule has 0 radical (unpaired) electrons. The number of thioether (sulfide) groups is 1.